The van der Waals surface area contributed by atoms with Crippen LogP contribution in [0.5, 0.6) is 0 Å². The average Bonchev–Trinajstić information content (AvgIpc) is 2.60. The van der Waals surface area contributed by atoms with E-state index in [9.17, 15) is 23.3 Å². The van der Waals surface area contributed by atoms with Crippen LogP contribution < -0.4 is 5.32 Å². The molecule has 0 aromatic heterocycles. The zero-order valence-corrected chi connectivity index (χ0v) is 14.7. The van der Waals surface area contributed by atoms with Crippen LogP contribution in [0.25, 0.3) is 0 Å². The first-order valence-corrected chi connectivity index (χ1v) is 9.48. The molecule has 0 fully saturated rings. The number of anilines is 1. The first-order chi connectivity index (χ1) is 12.3. The van der Waals surface area contributed by atoms with Gasteiger partial charge in [0.1, 0.15) is 5.84 Å². The van der Waals surface area contributed by atoms with Crippen molar-refractivity contribution in [3.05, 3.63) is 57.8 Å². The molecule has 1 N–H and O–H groups in total. The zero-order chi connectivity index (χ0) is 18.9. The van der Waals surface area contributed by atoms with E-state index in [4.69, 9.17) is 0 Å². The minimum atomic E-state index is -3.46. The van der Waals surface area contributed by atoms with E-state index >= 15 is 0 Å². The van der Waals surface area contributed by atoms with Crippen LogP contribution in [0.15, 0.2) is 46.5 Å². The molecule has 0 aliphatic carbocycles. The Kier molecular flexibility index (Phi) is 4.60. The van der Waals surface area contributed by atoms with Crippen molar-refractivity contribution in [2.75, 3.05) is 17.6 Å². The second-order valence-corrected chi connectivity index (χ2v) is 7.51. The van der Waals surface area contributed by atoms with E-state index in [2.05, 4.69) is 9.71 Å². The molecule has 9 nitrogen and oxygen atoms in total. The Morgan fingerprint density at radius 2 is 2.15 bits per heavy atom. The van der Waals surface area contributed by atoms with Crippen LogP contribution in [0, 0.1) is 10.1 Å². The van der Waals surface area contributed by atoms with Crippen LogP contribution in [0.1, 0.15) is 12.5 Å². The predicted octanol–water partition coefficient (Wildman–Crippen LogP) is 1.59. The van der Waals surface area contributed by atoms with Gasteiger partial charge < -0.3 is 10.2 Å². The minimum Gasteiger partial charge on any atom is -0.330 e. The number of amides is 1. The van der Waals surface area contributed by atoms with Crippen molar-refractivity contribution < 1.29 is 18.1 Å². The van der Waals surface area contributed by atoms with Crippen molar-refractivity contribution in [2.24, 2.45) is 4.40 Å². The van der Waals surface area contributed by atoms with Crippen molar-refractivity contribution in [2.45, 2.75) is 13.3 Å². The van der Waals surface area contributed by atoms with E-state index in [0.717, 1.165) is 0 Å². The molecule has 0 bridgehead atoms. The molecule has 2 aliphatic rings. The summed E-state index contributed by atoms with van der Waals surface area (Å²) in [6.45, 7) is 2.02. The molecule has 10 heteroatoms. The van der Waals surface area contributed by atoms with Gasteiger partial charge in [-0.3, -0.25) is 14.9 Å². The number of carbonyl (C=O) groups excluding carboxylic acids is 1. The SMILES string of the molecule is CCc1ccc(NC(=O)C2=CN3CCS(=O)(=O)N=C3C=C2)cc1[N+](=O)[O-]. The number of sulfonamides is 1. The molecule has 2 aliphatic heterocycles. The molecular formula is C16H16N4O5S. The van der Waals surface area contributed by atoms with Crippen LogP contribution in [0.2, 0.25) is 0 Å². The molecule has 1 aromatic carbocycles. The number of hydrogen-bond acceptors (Lipinski definition) is 6. The maximum atomic E-state index is 12.4. The van der Waals surface area contributed by atoms with Gasteiger partial charge >= 0.3 is 0 Å². The number of fused-ring (bicyclic) bond motifs is 1. The van der Waals surface area contributed by atoms with Crippen molar-refractivity contribution in [3.8, 4) is 0 Å². The van der Waals surface area contributed by atoms with Gasteiger partial charge in [-0.1, -0.05) is 13.0 Å². The lowest BCUT2D eigenvalue weighted by Crippen LogP contribution is -2.37. The normalized spacial score (nSPS) is 17.8. The fraction of sp³-hybridized carbons (Fsp3) is 0.250. The van der Waals surface area contributed by atoms with E-state index in [-0.39, 0.29) is 23.8 Å². The molecule has 0 unspecified atom stereocenters. The lowest BCUT2D eigenvalue weighted by Gasteiger charge is -2.26. The summed E-state index contributed by atoms with van der Waals surface area (Å²) in [4.78, 5) is 24.7. The van der Waals surface area contributed by atoms with Gasteiger partial charge in [0.25, 0.3) is 21.6 Å². The van der Waals surface area contributed by atoms with Gasteiger partial charge in [-0.05, 0) is 24.6 Å². The van der Waals surface area contributed by atoms with E-state index < -0.39 is 20.9 Å². The first kappa shape index (κ1) is 17.8. The minimum absolute atomic E-state index is 0.0471. The van der Waals surface area contributed by atoms with Crippen LogP contribution in [0.3, 0.4) is 0 Å². The smallest absolute Gasteiger partial charge is 0.274 e. The van der Waals surface area contributed by atoms with Crippen LogP contribution >= 0.6 is 0 Å². The molecule has 0 radical (unpaired) electrons. The standard InChI is InChI=1S/C16H16N4O5S/c1-2-11-3-5-13(9-14(11)20(22)23)17-16(21)12-4-6-15-18-26(24,25)8-7-19(15)10-12/h3-6,9-10H,2,7-8H2,1H3,(H,17,21). The Morgan fingerprint density at radius 3 is 2.85 bits per heavy atom. The Morgan fingerprint density at radius 1 is 1.38 bits per heavy atom. The van der Waals surface area contributed by atoms with Crippen molar-refractivity contribution in [1.29, 1.82) is 0 Å². The number of nitrogens with one attached hydrogen (secondary N) is 1. The molecular weight excluding hydrogens is 360 g/mol. The number of nitro benzene ring substituents is 1. The third-order valence-corrected chi connectivity index (χ3v) is 5.17. The number of rotatable bonds is 4. The average molecular weight is 376 g/mol. The largest absolute Gasteiger partial charge is 0.330 e. The monoisotopic (exact) mass is 376 g/mol. The highest BCUT2D eigenvalue weighted by Crippen LogP contribution is 2.24. The molecule has 3 rings (SSSR count). The van der Waals surface area contributed by atoms with Gasteiger partial charge in [0, 0.05) is 30.1 Å². The summed E-state index contributed by atoms with van der Waals surface area (Å²) >= 11 is 0. The second-order valence-electron chi connectivity index (χ2n) is 5.75. The number of nitrogens with zero attached hydrogens (tertiary/aromatic N) is 3. The van der Waals surface area contributed by atoms with Gasteiger partial charge in [-0.2, -0.15) is 0 Å². The first-order valence-electron chi connectivity index (χ1n) is 7.87. The molecule has 0 saturated heterocycles. The molecule has 2 heterocycles. The number of hydrogen-bond donors (Lipinski definition) is 1. The van der Waals surface area contributed by atoms with Gasteiger partial charge in [-0.25, -0.2) is 8.42 Å². The summed E-state index contributed by atoms with van der Waals surface area (Å²) < 4.78 is 26.6. The van der Waals surface area contributed by atoms with Crippen LogP contribution in [-0.4, -0.2) is 42.3 Å². The molecule has 0 spiro atoms. The van der Waals surface area contributed by atoms with Gasteiger partial charge in [-0.15, -0.1) is 4.40 Å². The van der Waals surface area contributed by atoms with Crippen LogP contribution in [0.4, 0.5) is 11.4 Å². The third kappa shape index (κ3) is 3.64. The zero-order valence-electron chi connectivity index (χ0n) is 13.9. The van der Waals surface area contributed by atoms with Crippen LogP contribution in [-0.2, 0) is 21.2 Å². The van der Waals surface area contributed by atoms with Crippen molar-refractivity contribution in [3.63, 3.8) is 0 Å². The highest BCUT2D eigenvalue weighted by atomic mass is 32.2. The highest BCUT2D eigenvalue weighted by molar-refractivity contribution is 7.90. The number of benzene rings is 1. The molecule has 1 amide bonds. The summed E-state index contributed by atoms with van der Waals surface area (Å²) in [7, 11) is -3.46. The Labute approximate surface area is 149 Å². The lowest BCUT2D eigenvalue weighted by atomic mass is 10.1. The molecule has 0 atom stereocenters. The molecule has 1 aromatic rings. The topological polar surface area (TPSA) is 122 Å². The van der Waals surface area contributed by atoms with Gasteiger partial charge in [0.15, 0.2) is 0 Å². The second kappa shape index (κ2) is 6.71. The van der Waals surface area contributed by atoms with Crippen molar-refractivity contribution in [1.82, 2.24) is 4.90 Å². The van der Waals surface area contributed by atoms with Gasteiger partial charge in [0.05, 0.1) is 16.2 Å². The lowest BCUT2D eigenvalue weighted by molar-refractivity contribution is -0.385. The van der Waals surface area contributed by atoms with E-state index in [1.54, 1.807) is 17.0 Å². The van der Waals surface area contributed by atoms with E-state index in [1.807, 2.05) is 6.92 Å². The third-order valence-electron chi connectivity index (χ3n) is 4.01. The summed E-state index contributed by atoms with van der Waals surface area (Å²) in [6.07, 6.45) is 4.94. The van der Waals surface area contributed by atoms with Gasteiger partial charge in [0.2, 0.25) is 0 Å². The summed E-state index contributed by atoms with van der Waals surface area (Å²) in [5, 5.41) is 13.8. The Balaban J connectivity index is 1.80. The highest BCUT2D eigenvalue weighted by Gasteiger charge is 2.25. The Hall–Kier alpha value is -3.01. The number of amidine groups is 1. The maximum absolute atomic E-state index is 12.4. The molecule has 0 saturated carbocycles. The quantitative estimate of drug-likeness (QED) is 0.629. The number of carbonyl (C=O) groups is 1. The fourth-order valence-corrected chi connectivity index (χ4v) is 3.62. The number of aryl methyl sites for hydroxylation is 1. The fourth-order valence-electron chi connectivity index (χ4n) is 2.65. The number of nitro groups is 1. The van der Waals surface area contributed by atoms with Crippen molar-refractivity contribution >= 4 is 33.1 Å². The molecule has 26 heavy (non-hydrogen) atoms. The summed E-state index contributed by atoms with van der Waals surface area (Å²) in [6, 6.07) is 4.54. The Bertz CT molecular complexity index is 978. The van der Waals surface area contributed by atoms with E-state index in [1.165, 1.54) is 24.4 Å². The van der Waals surface area contributed by atoms with E-state index in [0.29, 0.717) is 23.2 Å². The maximum Gasteiger partial charge on any atom is 0.274 e. The predicted molar refractivity (Wildman–Crippen MR) is 96.3 cm³/mol. The summed E-state index contributed by atoms with van der Waals surface area (Å²) in [5.74, 6) is -0.316. The summed E-state index contributed by atoms with van der Waals surface area (Å²) in [5.41, 5.74) is 1.15. The molecule has 136 valence electrons.